The number of pyridine rings is 1. The molecule has 0 atom stereocenters. The quantitative estimate of drug-likeness (QED) is 0.509. The van der Waals surface area contributed by atoms with E-state index in [1.807, 2.05) is 49.4 Å². The molecule has 3 rings (SSSR count). The Morgan fingerprint density at radius 1 is 1.07 bits per heavy atom. The molecular formula is C23H21ClN2O3. The number of halogens is 1. The molecule has 1 heterocycles. The Bertz CT molecular complexity index is 973. The van der Waals surface area contributed by atoms with Crippen molar-refractivity contribution < 1.29 is 14.3 Å². The van der Waals surface area contributed by atoms with Crippen LogP contribution in [0.25, 0.3) is 6.08 Å². The standard InChI is InChI=1S/C23H21ClN2O3/c1-2-28-23-20(24)7-5-8-21(23)26-22(27)14-11-17-9-12-19(13-10-17)29-16-18-6-3-4-15-25-18/h3-15H,2,16H2,1H3,(H,26,27). The lowest BCUT2D eigenvalue weighted by atomic mass is 10.2. The summed E-state index contributed by atoms with van der Waals surface area (Å²) >= 11 is 6.13. The average Bonchev–Trinajstić information content (AvgIpc) is 2.75. The minimum atomic E-state index is -0.274. The number of anilines is 1. The number of hydrogen-bond donors (Lipinski definition) is 1. The number of benzene rings is 2. The van der Waals surface area contributed by atoms with Gasteiger partial charge in [-0.2, -0.15) is 0 Å². The number of carbonyl (C=O) groups is 1. The molecule has 6 heteroatoms. The van der Waals surface area contributed by atoms with Crippen LogP contribution < -0.4 is 14.8 Å². The van der Waals surface area contributed by atoms with Gasteiger partial charge in [-0.25, -0.2) is 0 Å². The summed E-state index contributed by atoms with van der Waals surface area (Å²) in [6.45, 7) is 2.72. The van der Waals surface area contributed by atoms with Crippen molar-refractivity contribution in [3.05, 3.63) is 89.2 Å². The number of aromatic nitrogens is 1. The van der Waals surface area contributed by atoms with Crippen LogP contribution in [0.4, 0.5) is 5.69 Å². The molecule has 1 N–H and O–H groups in total. The summed E-state index contributed by atoms with van der Waals surface area (Å²) in [5.41, 5.74) is 2.27. The van der Waals surface area contributed by atoms with Gasteiger partial charge < -0.3 is 14.8 Å². The predicted octanol–water partition coefficient (Wildman–Crippen LogP) is 5.36. The highest BCUT2D eigenvalue weighted by Crippen LogP contribution is 2.32. The number of hydrogen-bond acceptors (Lipinski definition) is 4. The highest BCUT2D eigenvalue weighted by molar-refractivity contribution is 6.32. The first-order valence-corrected chi connectivity index (χ1v) is 9.56. The summed E-state index contributed by atoms with van der Waals surface area (Å²) in [6, 6.07) is 18.4. The molecule has 148 valence electrons. The minimum absolute atomic E-state index is 0.274. The van der Waals surface area contributed by atoms with Crippen LogP contribution in [0.15, 0.2) is 72.9 Å². The highest BCUT2D eigenvalue weighted by atomic mass is 35.5. The molecule has 2 aromatic carbocycles. The fourth-order valence-corrected chi connectivity index (χ4v) is 2.79. The van der Waals surface area contributed by atoms with E-state index in [-0.39, 0.29) is 5.91 Å². The van der Waals surface area contributed by atoms with Crippen molar-refractivity contribution >= 4 is 29.3 Å². The average molecular weight is 409 g/mol. The summed E-state index contributed by atoms with van der Waals surface area (Å²) in [5.74, 6) is 0.925. The SMILES string of the molecule is CCOc1c(Cl)cccc1NC(=O)C=Cc1ccc(OCc2ccccn2)cc1. The van der Waals surface area contributed by atoms with Crippen LogP contribution in [-0.4, -0.2) is 17.5 Å². The molecule has 0 saturated heterocycles. The zero-order valence-electron chi connectivity index (χ0n) is 16.0. The molecule has 0 bridgehead atoms. The molecular weight excluding hydrogens is 388 g/mol. The van der Waals surface area contributed by atoms with E-state index in [9.17, 15) is 4.79 Å². The number of para-hydroxylation sites is 1. The van der Waals surface area contributed by atoms with Crippen molar-refractivity contribution in [2.75, 3.05) is 11.9 Å². The second-order valence-corrected chi connectivity index (χ2v) is 6.46. The van der Waals surface area contributed by atoms with E-state index in [0.29, 0.717) is 29.7 Å². The van der Waals surface area contributed by atoms with Crippen molar-refractivity contribution in [1.82, 2.24) is 4.98 Å². The number of ether oxygens (including phenoxy) is 2. The molecule has 0 spiro atoms. The van der Waals surface area contributed by atoms with Crippen LogP contribution in [0, 0.1) is 0 Å². The largest absolute Gasteiger partial charge is 0.490 e. The first-order chi connectivity index (χ1) is 14.2. The summed E-state index contributed by atoms with van der Waals surface area (Å²) in [4.78, 5) is 16.5. The molecule has 0 unspecified atom stereocenters. The molecule has 3 aromatic rings. The number of nitrogens with zero attached hydrogens (tertiary/aromatic N) is 1. The lowest BCUT2D eigenvalue weighted by Gasteiger charge is -2.11. The second-order valence-electron chi connectivity index (χ2n) is 6.05. The molecule has 0 fully saturated rings. The third-order valence-corrected chi connectivity index (χ3v) is 4.23. The van der Waals surface area contributed by atoms with Crippen LogP contribution in [0.3, 0.4) is 0 Å². The van der Waals surface area contributed by atoms with Gasteiger partial charge in [0.1, 0.15) is 12.4 Å². The Hall–Kier alpha value is -3.31. The smallest absolute Gasteiger partial charge is 0.248 e. The summed E-state index contributed by atoms with van der Waals surface area (Å²) < 4.78 is 11.2. The number of carbonyl (C=O) groups excluding carboxylic acids is 1. The van der Waals surface area contributed by atoms with E-state index in [0.717, 1.165) is 17.0 Å². The lowest BCUT2D eigenvalue weighted by molar-refractivity contribution is -0.111. The van der Waals surface area contributed by atoms with Gasteiger partial charge in [0.15, 0.2) is 5.75 Å². The van der Waals surface area contributed by atoms with Crippen molar-refractivity contribution in [3.63, 3.8) is 0 Å². The molecule has 5 nitrogen and oxygen atoms in total. The molecule has 0 aliphatic heterocycles. The fraction of sp³-hybridized carbons (Fsp3) is 0.130. The van der Waals surface area contributed by atoms with E-state index in [2.05, 4.69) is 10.3 Å². The van der Waals surface area contributed by atoms with E-state index >= 15 is 0 Å². The topological polar surface area (TPSA) is 60.5 Å². The number of amides is 1. The summed E-state index contributed by atoms with van der Waals surface area (Å²) in [6.07, 6.45) is 4.92. The molecule has 0 aliphatic rings. The molecule has 1 aromatic heterocycles. The maximum absolute atomic E-state index is 12.3. The molecule has 0 aliphatic carbocycles. The zero-order valence-corrected chi connectivity index (χ0v) is 16.7. The number of rotatable bonds is 8. The zero-order chi connectivity index (χ0) is 20.5. The maximum atomic E-state index is 12.3. The van der Waals surface area contributed by atoms with Crippen LogP contribution >= 0.6 is 11.6 Å². The Labute approximate surface area is 175 Å². The first kappa shape index (κ1) is 20.4. The van der Waals surface area contributed by atoms with Gasteiger partial charge in [0.05, 0.1) is 23.0 Å². The monoisotopic (exact) mass is 408 g/mol. The van der Waals surface area contributed by atoms with Crippen LogP contribution in [0.1, 0.15) is 18.2 Å². The summed E-state index contributed by atoms with van der Waals surface area (Å²) in [7, 11) is 0. The molecule has 1 amide bonds. The van der Waals surface area contributed by atoms with Gasteiger partial charge in [-0.05, 0) is 55.0 Å². The Morgan fingerprint density at radius 3 is 2.62 bits per heavy atom. The van der Waals surface area contributed by atoms with Crippen molar-refractivity contribution in [2.45, 2.75) is 13.5 Å². The van der Waals surface area contributed by atoms with Gasteiger partial charge in [0.25, 0.3) is 0 Å². The Kier molecular flexibility index (Phi) is 7.25. The van der Waals surface area contributed by atoms with Crippen LogP contribution in [0.5, 0.6) is 11.5 Å². The minimum Gasteiger partial charge on any atom is -0.490 e. The van der Waals surface area contributed by atoms with Crippen molar-refractivity contribution in [3.8, 4) is 11.5 Å². The van der Waals surface area contributed by atoms with Gasteiger partial charge in [0, 0.05) is 12.3 Å². The van der Waals surface area contributed by atoms with Crippen LogP contribution in [0.2, 0.25) is 5.02 Å². The van der Waals surface area contributed by atoms with Crippen molar-refractivity contribution in [2.24, 2.45) is 0 Å². The van der Waals surface area contributed by atoms with Gasteiger partial charge in [0.2, 0.25) is 5.91 Å². The molecule has 0 radical (unpaired) electrons. The Balaban J connectivity index is 1.57. The number of nitrogens with one attached hydrogen (secondary N) is 1. The third kappa shape index (κ3) is 6.09. The molecule has 0 saturated carbocycles. The van der Waals surface area contributed by atoms with E-state index < -0.39 is 0 Å². The van der Waals surface area contributed by atoms with Crippen molar-refractivity contribution in [1.29, 1.82) is 0 Å². The van der Waals surface area contributed by atoms with E-state index in [4.69, 9.17) is 21.1 Å². The fourth-order valence-electron chi connectivity index (χ4n) is 2.56. The van der Waals surface area contributed by atoms with E-state index in [1.54, 1.807) is 30.5 Å². The van der Waals surface area contributed by atoms with Gasteiger partial charge in [-0.15, -0.1) is 0 Å². The predicted molar refractivity (Wildman–Crippen MR) is 115 cm³/mol. The normalized spacial score (nSPS) is 10.7. The Morgan fingerprint density at radius 2 is 1.90 bits per heavy atom. The van der Waals surface area contributed by atoms with Crippen LogP contribution in [-0.2, 0) is 11.4 Å². The second kappa shape index (κ2) is 10.3. The van der Waals surface area contributed by atoms with Gasteiger partial charge in [-0.3, -0.25) is 9.78 Å². The first-order valence-electron chi connectivity index (χ1n) is 9.19. The third-order valence-electron chi connectivity index (χ3n) is 3.93. The maximum Gasteiger partial charge on any atom is 0.248 e. The molecule has 29 heavy (non-hydrogen) atoms. The lowest BCUT2D eigenvalue weighted by Crippen LogP contribution is -2.09. The van der Waals surface area contributed by atoms with Gasteiger partial charge in [-0.1, -0.05) is 35.9 Å². The van der Waals surface area contributed by atoms with E-state index in [1.165, 1.54) is 6.08 Å². The van der Waals surface area contributed by atoms with Gasteiger partial charge >= 0.3 is 0 Å². The summed E-state index contributed by atoms with van der Waals surface area (Å²) in [5, 5.41) is 3.24. The highest BCUT2D eigenvalue weighted by Gasteiger charge is 2.09.